The fourth-order valence-electron chi connectivity index (χ4n) is 9.62. The fourth-order valence-corrected chi connectivity index (χ4v) is 11.2. The Balaban J connectivity index is 4.50. The Morgan fingerprint density at radius 2 is 0.558 bits per heavy atom. The Kier molecular flexibility index (Phi) is 66.9. The quantitative estimate of drug-likeness (QED) is 0.0146. The average molecular weight is 1380 g/mol. The lowest BCUT2D eigenvalue weighted by Crippen LogP contribution is -2.30. The number of allylic oxidation sites excluding steroid dienone is 20. The number of aliphatic hydroxyl groups is 2. The van der Waals surface area contributed by atoms with Crippen molar-refractivity contribution in [2.75, 3.05) is 39.6 Å². The maximum Gasteiger partial charge on any atom is 0.472 e. The number of esters is 3. The Morgan fingerprint density at radius 1 is 0.305 bits per heavy atom. The number of hydrogen-bond donors (Lipinski definition) is 4. The van der Waals surface area contributed by atoms with Gasteiger partial charge in [-0.1, -0.05) is 284 Å². The average Bonchev–Trinajstić information content (AvgIpc) is 3.76. The zero-order valence-corrected chi connectivity index (χ0v) is 61.1. The molecule has 0 bridgehead atoms. The van der Waals surface area contributed by atoms with E-state index < -0.39 is 91.5 Å². The first-order valence-electron chi connectivity index (χ1n) is 36.8. The number of phosphoric ester groups is 2. The zero-order valence-electron chi connectivity index (χ0n) is 59.3. The van der Waals surface area contributed by atoms with Crippen molar-refractivity contribution in [3.63, 3.8) is 0 Å². The smallest absolute Gasteiger partial charge is 0.463 e. The van der Waals surface area contributed by atoms with Crippen molar-refractivity contribution in [3.8, 4) is 0 Å². The van der Waals surface area contributed by atoms with Crippen molar-refractivity contribution in [3.05, 3.63) is 122 Å². The second-order valence-corrected chi connectivity index (χ2v) is 27.2. The molecule has 0 fully saturated rings. The van der Waals surface area contributed by atoms with E-state index in [-0.39, 0.29) is 19.3 Å². The maximum absolute atomic E-state index is 12.9. The zero-order chi connectivity index (χ0) is 69.5. The fraction of sp³-hybridized carbons (Fsp3) is 0.701. The Labute approximate surface area is 576 Å². The first kappa shape index (κ1) is 91.0. The molecule has 0 aliphatic rings. The summed E-state index contributed by atoms with van der Waals surface area (Å²) in [7, 11) is -9.78. The van der Waals surface area contributed by atoms with Crippen LogP contribution in [0.2, 0.25) is 0 Å². The summed E-state index contributed by atoms with van der Waals surface area (Å²) in [5.41, 5.74) is 0. The molecule has 95 heavy (non-hydrogen) atoms. The second-order valence-electron chi connectivity index (χ2n) is 24.3. The molecule has 0 aliphatic carbocycles. The summed E-state index contributed by atoms with van der Waals surface area (Å²) in [5.74, 6) is -1.60. The van der Waals surface area contributed by atoms with E-state index >= 15 is 0 Å². The van der Waals surface area contributed by atoms with Crippen molar-refractivity contribution < 1.29 is 75.8 Å². The van der Waals surface area contributed by atoms with Gasteiger partial charge >= 0.3 is 33.6 Å². The van der Waals surface area contributed by atoms with E-state index in [1.807, 2.05) is 0 Å². The molecule has 0 rings (SSSR count). The number of phosphoric acid groups is 2. The van der Waals surface area contributed by atoms with Gasteiger partial charge in [0.15, 0.2) is 6.10 Å². The van der Waals surface area contributed by atoms with Crippen LogP contribution in [0.1, 0.15) is 290 Å². The Hall–Kier alpha value is -4.05. The van der Waals surface area contributed by atoms with Gasteiger partial charge in [-0.25, -0.2) is 9.13 Å². The monoisotopic (exact) mass is 1370 g/mol. The van der Waals surface area contributed by atoms with Gasteiger partial charge in [0.1, 0.15) is 25.4 Å². The van der Waals surface area contributed by atoms with Gasteiger partial charge in [-0.15, -0.1) is 0 Å². The maximum atomic E-state index is 12.9. The van der Waals surface area contributed by atoms with Crippen molar-refractivity contribution in [1.82, 2.24) is 0 Å². The predicted octanol–water partition coefficient (Wildman–Crippen LogP) is 21.0. The minimum Gasteiger partial charge on any atom is -0.463 e. The van der Waals surface area contributed by atoms with E-state index in [9.17, 15) is 43.5 Å². The Morgan fingerprint density at radius 3 is 0.884 bits per heavy atom. The van der Waals surface area contributed by atoms with Crippen LogP contribution in [-0.4, -0.2) is 95.9 Å². The standard InChI is InChI=1S/C77H132O16P2/c1-4-7-10-13-16-19-22-25-27-29-30-31-32-33-34-35-36-37-38-39-40-42-44-46-48-51-54-57-60-63-75(80)87-66-72(78)67-89-94(83,84)90-68-73(79)69-91-95(85,86)92-71-74(93-77(82)65-62-59-56-53-50-45-24-21-18-15-12-9-6-3)70-88-76(81)64-61-58-55-52-49-47-43-41-28-26-23-20-17-14-11-8-5-2/h7-8,10-11,16-17,19-20,25-28,30-31,33-34,36-37,43,47,72-74,78-79H,4-6,9,12-15,18,21-24,29,32,35,38-42,44-46,48-71H2,1-3H3,(H,83,84)(H,85,86)/b10-7-,11-8-,19-16-,20-17-,27-25-,28-26-,31-30-,34-33-,37-36-,47-43-. The molecule has 0 aromatic heterocycles. The molecule has 18 heteroatoms. The van der Waals surface area contributed by atoms with E-state index in [4.69, 9.17) is 32.3 Å². The minimum absolute atomic E-state index is 0.100. The van der Waals surface area contributed by atoms with Crippen molar-refractivity contribution in [1.29, 1.82) is 0 Å². The largest absolute Gasteiger partial charge is 0.472 e. The number of aliphatic hydroxyl groups excluding tert-OH is 2. The van der Waals surface area contributed by atoms with Crippen LogP contribution < -0.4 is 0 Å². The molecular formula is C77H132O16P2. The highest BCUT2D eigenvalue weighted by molar-refractivity contribution is 7.47. The van der Waals surface area contributed by atoms with Gasteiger partial charge in [-0.05, 0) is 109 Å². The highest BCUT2D eigenvalue weighted by Crippen LogP contribution is 2.45. The van der Waals surface area contributed by atoms with Crippen LogP contribution in [0.4, 0.5) is 0 Å². The lowest BCUT2D eigenvalue weighted by Gasteiger charge is -2.21. The third-order valence-electron chi connectivity index (χ3n) is 15.2. The SMILES string of the molecule is CC/C=C\C/C=C\C/C=C\C/C=C\C/C=C\C/C=C\CCCCCCCCCCCCC(=O)OCC(O)COP(=O)(O)OCC(O)COP(=O)(O)OCC(COC(=O)CCCCCC/C=C\C/C=C\C/C=C\C/C=C\CC)OC(=O)CCCCCCCCCCCCCCC. The van der Waals surface area contributed by atoms with Gasteiger partial charge in [-0.2, -0.15) is 0 Å². The molecule has 0 aliphatic heterocycles. The molecule has 0 aromatic carbocycles. The third-order valence-corrected chi connectivity index (χ3v) is 17.1. The topological polar surface area (TPSA) is 231 Å². The van der Waals surface area contributed by atoms with Gasteiger partial charge in [-0.3, -0.25) is 32.5 Å². The predicted molar refractivity (Wildman–Crippen MR) is 390 cm³/mol. The van der Waals surface area contributed by atoms with Crippen LogP contribution in [-0.2, 0) is 55.8 Å². The molecule has 16 nitrogen and oxygen atoms in total. The molecule has 0 aromatic rings. The van der Waals surface area contributed by atoms with E-state index in [0.717, 1.165) is 148 Å². The molecule has 4 N–H and O–H groups in total. The van der Waals surface area contributed by atoms with E-state index in [1.54, 1.807) is 0 Å². The third kappa shape index (κ3) is 71.1. The van der Waals surface area contributed by atoms with Crippen molar-refractivity contribution in [2.45, 2.75) is 309 Å². The number of ether oxygens (including phenoxy) is 3. The molecule has 546 valence electrons. The first-order chi connectivity index (χ1) is 46.2. The van der Waals surface area contributed by atoms with E-state index in [0.29, 0.717) is 19.3 Å². The van der Waals surface area contributed by atoms with Gasteiger partial charge in [0.25, 0.3) is 0 Å². The van der Waals surface area contributed by atoms with Crippen molar-refractivity contribution >= 4 is 33.6 Å². The van der Waals surface area contributed by atoms with E-state index in [1.165, 1.54) is 83.5 Å². The van der Waals surface area contributed by atoms with Gasteiger partial charge in [0.05, 0.1) is 26.4 Å². The summed E-state index contributed by atoms with van der Waals surface area (Å²) in [4.78, 5) is 58.4. The van der Waals surface area contributed by atoms with Crippen LogP contribution in [0, 0.1) is 0 Å². The van der Waals surface area contributed by atoms with Crippen molar-refractivity contribution in [2.24, 2.45) is 0 Å². The van der Waals surface area contributed by atoms with Gasteiger partial charge < -0.3 is 34.2 Å². The molecule has 0 saturated carbocycles. The number of rotatable bonds is 69. The summed E-state index contributed by atoms with van der Waals surface area (Å²) in [6, 6.07) is 0. The minimum atomic E-state index is -4.93. The summed E-state index contributed by atoms with van der Waals surface area (Å²) < 4.78 is 61.0. The molecule has 0 heterocycles. The molecule has 0 radical (unpaired) electrons. The number of carbonyl (C=O) groups is 3. The van der Waals surface area contributed by atoms with Crippen LogP contribution in [0.15, 0.2) is 122 Å². The highest BCUT2D eigenvalue weighted by atomic mass is 31.2. The lowest BCUT2D eigenvalue weighted by atomic mass is 10.0. The van der Waals surface area contributed by atoms with Crippen LogP contribution >= 0.6 is 15.6 Å². The molecule has 0 spiro atoms. The Bertz CT molecular complexity index is 2210. The van der Waals surface area contributed by atoms with E-state index in [2.05, 4.69) is 142 Å². The number of unbranched alkanes of at least 4 members (excludes halogenated alkanes) is 26. The van der Waals surface area contributed by atoms with Crippen LogP contribution in [0.25, 0.3) is 0 Å². The molecular weight excluding hydrogens is 1240 g/mol. The van der Waals surface area contributed by atoms with Gasteiger partial charge in [0.2, 0.25) is 0 Å². The second kappa shape index (κ2) is 69.8. The molecule has 5 atom stereocenters. The number of carbonyl (C=O) groups excluding carboxylic acids is 3. The summed E-state index contributed by atoms with van der Waals surface area (Å²) in [5, 5.41) is 20.6. The molecule has 0 amide bonds. The lowest BCUT2D eigenvalue weighted by molar-refractivity contribution is -0.161. The van der Waals surface area contributed by atoms with Crippen LogP contribution in [0.3, 0.4) is 0 Å². The first-order valence-corrected chi connectivity index (χ1v) is 39.8. The summed E-state index contributed by atoms with van der Waals surface area (Å²) in [6.07, 6.45) is 81.1. The summed E-state index contributed by atoms with van der Waals surface area (Å²) >= 11 is 0. The highest BCUT2D eigenvalue weighted by Gasteiger charge is 2.29. The normalized spacial score (nSPS) is 14.8. The summed E-state index contributed by atoms with van der Waals surface area (Å²) in [6.45, 7) is 2.42. The molecule has 0 saturated heterocycles. The van der Waals surface area contributed by atoms with Crippen LogP contribution in [0.5, 0.6) is 0 Å². The number of hydrogen-bond acceptors (Lipinski definition) is 14. The van der Waals surface area contributed by atoms with Gasteiger partial charge in [0, 0.05) is 19.3 Å². The molecule has 5 unspecified atom stereocenters.